The molecule has 0 aromatic carbocycles. The van der Waals surface area contributed by atoms with Crippen LogP contribution in [0.15, 0.2) is 0 Å². The minimum absolute atomic E-state index is 0.351. The highest BCUT2D eigenvalue weighted by Crippen LogP contribution is 2.13. The summed E-state index contributed by atoms with van der Waals surface area (Å²) in [6.45, 7) is 7.44. The van der Waals surface area contributed by atoms with Crippen LogP contribution in [0.25, 0.3) is 0 Å². The second-order valence-corrected chi connectivity index (χ2v) is 4.23. The molecule has 13 heavy (non-hydrogen) atoms. The minimum atomic E-state index is 0.351. The number of rotatable bonds is 3. The fraction of sp³-hybridized carbons (Fsp3) is 1.00. The van der Waals surface area contributed by atoms with E-state index >= 15 is 0 Å². The second-order valence-electron chi connectivity index (χ2n) is 4.23. The third-order valence-electron chi connectivity index (χ3n) is 2.75. The zero-order valence-electron chi connectivity index (χ0n) is 9.21. The molecule has 0 spiro atoms. The van der Waals surface area contributed by atoms with Crippen LogP contribution in [0.3, 0.4) is 0 Å². The largest absolute Gasteiger partial charge is 0.374 e. The van der Waals surface area contributed by atoms with E-state index < -0.39 is 0 Å². The first kappa shape index (κ1) is 11.0. The number of nitrogens with zero attached hydrogens (tertiary/aromatic N) is 1. The van der Waals surface area contributed by atoms with Gasteiger partial charge in [-0.05, 0) is 20.0 Å². The molecule has 1 rings (SSSR count). The molecular weight excluding hydrogens is 164 g/mol. The molecule has 0 aromatic rings. The minimum Gasteiger partial charge on any atom is -0.374 e. The van der Waals surface area contributed by atoms with Crippen LogP contribution in [0.5, 0.6) is 0 Å². The van der Waals surface area contributed by atoms with Crippen LogP contribution in [0.1, 0.15) is 13.8 Å². The summed E-state index contributed by atoms with van der Waals surface area (Å²) < 4.78 is 5.76. The Morgan fingerprint density at radius 3 is 2.62 bits per heavy atom. The van der Waals surface area contributed by atoms with Gasteiger partial charge in [0, 0.05) is 19.1 Å². The van der Waals surface area contributed by atoms with Crippen molar-refractivity contribution in [2.75, 3.05) is 33.8 Å². The Labute approximate surface area is 81.4 Å². The van der Waals surface area contributed by atoms with Crippen LogP contribution in [0, 0.1) is 5.92 Å². The second kappa shape index (κ2) is 4.94. The van der Waals surface area contributed by atoms with Gasteiger partial charge in [-0.1, -0.05) is 13.8 Å². The number of hydrogen-bond acceptors (Lipinski definition) is 3. The molecule has 0 radical (unpaired) electrons. The van der Waals surface area contributed by atoms with Gasteiger partial charge < -0.3 is 15.0 Å². The molecule has 1 aliphatic rings. The van der Waals surface area contributed by atoms with Gasteiger partial charge in [0.15, 0.2) is 0 Å². The lowest BCUT2D eigenvalue weighted by atomic mass is 9.97. The Balaban J connectivity index is 2.47. The summed E-state index contributed by atoms with van der Waals surface area (Å²) in [5, 5.41) is 3.34. The highest BCUT2D eigenvalue weighted by Gasteiger charge is 2.27. The predicted octanol–water partition coefficient (Wildman–Crippen LogP) is 0.561. The molecule has 1 saturated heterocycles. The van der Waals surface area contributed by atoms with E-state index in [2.05, 4.69) is 31.1 Å². The summed E-state index contributed by atoms with van der Waals surface area (Å²) >= 11 is 0. The van der Waals surface area contributed by atoms with Crippen molar-refractivity contribution in [2.24, 2.45) is 5.92 Å². The van der Waals surface area contributed by atoms with E-state index in [0.717, 1.165) is 19.7 Å². The van der Waals surface area contributed by atoms with Crippen molar-refractivity contribution in [2.45, 2.75) is 26.0 Å². The maximum absolute atomic E-state index is 5.76. The Kier molecular flexibility index (Phi) is 4.16. The first-order valence-corrected chi connectivity index (χ1v) is 5.12. The molecule has 1 fully saturated rings. The predicted molar refractivity (Wildman–Crippen MR) is 54.9 cm³/mol. The van der Waals surface area contributed by atoms with Crippen LogP contribution in [0.2, 0.25) is 0 Å². The van der Waals surface area contributed by atoms with Crippen molar-refractivity contribution in [1.82, 2.24) is 10.2 Å². The van der Waals surface area contributed by atoms with Crippen LogP contribution >= 0.6 is 0 Å². The lowest BCUT2D eigenvalue weighted by molar-refractivity contribution is -0.0451. The first-order chi connectivity index (χ1) is 6.15. The topological polar surface area (TPSA) is 24.5 Å². The number of ether oxygens (including phenoxy) is 1. The number of nitrogens with one attached hydrogen (secondary N) is 1. The molecule has 2 atom stereocenters. The summed E-state index contributed by atoms with van der Waals surface area (Å²) in [6, 6.07) is 0.475. The van der Waals surface area contributed by atoms with Crippen molar-refractivity contribution < 1.29 is 4.74 Å². The summed E-state index contributed by atoms with van der Waals surface area (Å²) in [7, 11) is 4.17. The summed E-state index contributed by atoms with van der Waals surface area (Å²) in [6.07, 6.45) is 0.351. The average Bonchev–Trinajstić information content (AvgIpc) is 2.04. The van der Waals surface area contributed by atoms with Gasteiger partial charge in [-0.3, -0.25) is 0 Å². The normalized spacial score (nSPS) is 27.9. The molecule has 0 saturated carbocycles. The van der Waals surface area contributed by atoms with Crippen LogP contribution in [0.4, 0.5) is 0 Å². The summed E-state index contributed by atoms with van der Waals surface area (Å²) in [4.78, 5) is 2.33. The molecule has 0 aromatic heterocycles. The first-order valence-electron chi connectivity index (χ1n) is 5.12. The van der Waals surface area contributed by atoms with E-state index in [-0.39, 0.29) is 0 Å². The number of hydrogen-bond donors (Lipinski definition) is 1. The van der Waals surface area contributed by atoms with Crippen LogP contribution < -0.4 is 5.32 Å². The molecule has 3 heteroatoms. The SMILES string of the molecule is CNC(C(C)C)C1CN(C)CCO1. The Hall–Kier alpha value is -0.120. The van der Waals surface area contributed by atoms with Crippen molar-refractivity contribution in [3.8, 4) is 0 Å². The zero-order valence-corrected chi connectivity index (χ0v) is 9.21. The van der Waals surface area contributed by atoms with Crippen LogP contribution in [-0.4, -0.2) is 50.8 Å². The molecule has 1 N–H and O–H groups in total. The molecule has 78 valence electrons. The van der Waals surface area contributed by atoms with Gasteiger partial charge in [-0.25, -0.2) is 0 Å². The van der Waals surface area contributed by atoms with Gasteiger partial charge in [0.2, 0.25) is 0 Å². The van der Waals surface area contributed by atoms with E-state index in [1.54, 1.807) is 0 Å². The van der Waals surface area contributed by atoms with E-state index in [0.29, 0.717) is 18.1 Å². The highest BCUT2D eigenvalue weighted by molar-refractivity contribution is 4.83. The van der Waals surface area contributed by atoms with Crippen molar-refractivity contribution in [3.05, 3.63) is 0 Å². The van der Waals surface area contributed by atoms with Crippen molar-refractivity contribution in [3.63, 3.8) is 0 Å². The van der Waals surface area contributed by atoms with E-state index in [1.165, 1.54) is 0 Å². The Morgan fingerprint density at radius 1 is 1.46 bits per heavy atom. The summed E-state index contributed by atoms with van der Waals surface area (Å²) in [5.41, 5.74) is 0. The van der Waals surface area contributed by atoms with Crippen molar-refractivity contribution >= 4 is 0 Å². The highest BCUT2D eigenvalue weighted by atomic mass is 16.5. The van der Waals surface area contributed by atoms with E-state index in [9.17, 15) is 0 Å². The lowest BCUT2D eigenvalue weighted by Crippen LogP contribution is -2.52. The molecule has 0 amide bonds. The number of likely N-dealkylation sites (N-methyl/N-ethyl adjacent to an activating group) is 2. The zero-order chi connectivity index (χ0) is 9.84. The smallest absolute Gasteiger partial charge is 0.0857 e. The third-order valence-corrected chi connectivity index (χ3v) is 2.75. The molecule has 2 unspecified atom stereocenters. The van der Waals surface area contributed by atoms with Crippen LogP contribution in [-0.2, 0) is 4.74 Å². The monoisotopic (exact) mass is 186 g/mol. The third kappa shape index (κ3) is 2.93. The van der Waals surface area contributed by atoms with Gasteiger partial charge in [0.1, 0.15) is 0 Å². The molecule has 1 aliphatic heterocycles. The number of morpholine rings is 1. The Morgan fingerprint density at radius 2 is 2.15 bits per heavy atom. The van der Waals surface area contributed by atoms with Gasteiger partial charge in [-0.2, -0.15) is 0 Å². The molecule has 1 heterocycles. The fourth-order valence-electron chi connectivity index (χ4n) is 1.98. The fourth-order valence-corrected chi connectivity index (χ4v) is 1.98. The molecular formula is C10H22N2O. The van der Waals surface area contributed by atoms with E-state index in [4.69, 9.17) is 4.74 Å². The van der Waals surface area contributed by atoms with Gasteiger partial charge in [0.05, 0.1) is 12.7 Å². The van der Waals surface area contributed by atoms with E-state index in [1.807, 2.05) is 7.05 Å². The molecule has 3 nitrogen and oxygen atoms in total. The van der Waals surface area contributed by atoms with Gasteiger partial charge in [0.25, 0.3) is 0 Å². The van der Waals surface area contributed by atoms with Crippen molar-refractivity contribution in [1.29, 1.82) is 0 Å². The quantitative estimate of drug-likeness (QED) is 0.697. The van der Waals surface area contributed by atoms with Gasteiger partial charge >= 0.3 is 0 Å². The molecule has 0 aliphatic carbocycles. The maximum Gasteiger partial charge on any atom is 0.0857 e. The Bertz CT molecular complexity index is 150. The molecule has 0 bridgehead atoms. The summed E-state index contributed by atoms with van der Waals surface area (Å²) in [5.74, 6) is 0.626. The van der Waals surface area contributed by atoms with Gasteiger partial charge in [-0.15, -0.1) is 0 Å². The standard InChI is InChI=1S/C10H22N2O/c1-8(2)10(11-3)9-7-12(4)5-6-13-9/h8-11H,5-7H2,1-4H3. The lowest BCUT2D eigenvalue weighted by Gasteiger charge is -2.36. The maximum atomic E-state index is 5.76. The average molecular weight is 186 g/mol.